The van der Waals surface area contributed by atoms with E-state index >= 15 is 0 Å². The highest BCUT2D eigenvalue weighted by atomic mass is 16.6. The number of benzene rings is 1. The van der Waals surface area contributed by atoms with E-state index in [9.17, 15) is 9.59 Å². The average molecular weight is 417 g/mol. The number of amides is 2. The van der Waals surface area contributed by atoms with Crippen molar-refractivity contribution >= 4 is 17.9 Å². The number of carbonyl (C=O) groups is 2. The zero-order valence-electron chi connectivity index (χ0n) is 19.4. The molecule has 0 saturated heterocycles. The van der Waals surface area contributed by atoms with Gasteiger partial charge in [-0.25, -0.2) is 9.59 Å². The molecule has 0 aromatic heterocycles. The molecule has 1 aromatic carbocycles. The maximum atomic E-state index is 13.4. The summed E-state index contributed by atoms with van der Waals surface area (Å²) in [4.78, 5) is 26.6. The fraction of sp³-hybridized carbons (Fsp3) is 0.583. The molecule has 0 saturated carbocycles. The van der Waals surface area contributed by atoms with Crippen molar-refractivity contribution in [2.24, 2.45) is 5.92 Å². The van der Waals surface area contributed by atoms with E-state index < -0.39 is 23.4 Å². The van der Waals surface area contributed by atoms with Crippen molar-refractivity contribution in [1.29, 1.82) is 0 Å². The Morgan fingerprint density at radius 1 is 0.933 bits per heavy atom. The molecular formula is C24H36N2O4. The predicted molar refractivity (Wildman–Crippen MR) is 119 cm³/mol. The first-order valence-corrected chi connectivity index (χ1v) is 10.7. The predicted octanol–water partition coefficient (Wildman–Crippen LogP) is 6.67. The fourth-order valence-electron chi connectivity index (χ4n) is 3.29. The number of hydrazine groups is 1. The smallest absolute Gasteiger partial charge is 0.434 e. The third kappa shape index (κ3) is 6.78. The van der Waals surface area contributed by atoms with Gasteiger partial charge in [0.1, 0.15) is 11.2 Å². The first-order valence-electron chi connectivity index (χ1n) is 10.7. The van der Waals surface area contributed by atoms with Crippen LogP contribution in [0.2, 0.25) is 0 Å². The Bertz CT molecular complexity index is 760. The quantitative estimate of drug-likeness (QED) is 0.516. The number of carbonyl (C=O) groups excluding carboxylic acids is 2. The summed E-state index contributed by atoms with van der Waals surface area (Å²) in [6.45, 7) is 13.0. The lowest BCUT2D eigenvalue weighted by Crippen LogP contribution is -2.52. The van der Waals surface area contributed by atoms with E-state index in [1.165, 1.54) is 10.0 Å². The molecule has 0 radical (unpaired) electrons. The van der Waals surface area contributed by atoms with Crippen molar-refractivity contribution in [2.75, 3.05) is 5.01 Å². The summed E-state index contributed by atoms with van der Waals surface area (Å²) >= 11 is 0. The van der Waals surface area contributed by atoms with Crippen molar-refractivity contribution in [2.45, 2.75) is 85.4 Å². The average Bonchev–Trinajstić information content (AvgIpc) is 2.63. The maximum absolute atomic E-state index is 13.4. The highest BCUT2D eigenvalue weighted by Crippen LogP contribution is 2.32. The van der Waals surface area contributed by atoms with E-state index in [1.54, 1.807) is 32.9 Å². The van der Waals surface area contributed by atoms with E-state index in [2.05, 4.69) is 13.0 Å². The standard InChI is InChI=1S/C24H36N2O4/c1-8-18-13-12-16-20(17-18)26(22(28)30-24(5,6)7)25(19-14-10-9-11-15-19)21(27)29-23(2,3)4/h9-11,14-15,17-18H,8,12-13,16H2,1-7H3. The van der Waals surface area contributed by atoms with Crippen LogP contribution in [0.1, 0.15) is 74.1 Å². The third-order valence-electron chi connectivity index (χ3n) is 4.57. The Kier molecular flexibility index (Phi) is 7.56. The van der Waals surface area contributed by atoms with Crippen LogP contribution in [0.3, 0.4) is 0 Å². The molecule has 30 heavy (non-hydrogen) atoms. The molecule has 2 rings (SSSR count). The summed E-state index contributed by atoms with van der Waals surface area (Å²) in [5.74, 6) is 0.356. The van der Waals surface area contributed by atoms with Gasteiger partial charge >= 0.3 is 12.2 Å². The third-order valence-corrected chi connectivity index (χ3v) is 4.57. The molecule has 0 spiro atoms. The summed E-state index contributed by atoms with van der Waals surface area (Å²) in [7, 11) is 0. The minimum Gasteiger partial charge on any atom is -0.442 e. The van der Waals surface area contributed by atoms with Gasteiger partial charge in [0, 0.05) is 5.70 Å². The van der Waals surface area contributed by atoms with Crippen LogP contribution < -0.4 is 5.01 Å². The normalized spacial score (nSPS) is 17.0. The lowest BCUT2D eigenvalue weighted by molar-refractivity contribution is 0.0187. The Balaban J connectivity index is 2.57. The van der Waals surface area contributed by atoms with Crippen LogP contribution in [-0.2, 0) is 9.47 Å². The minimum atomic E-state index is -0.712. The summed E-state index contributed by atoms with van der Waals surface area (Å²) in [5.41, 5.74) is -0.115. The molecule has 1 unspecified atom stereocenters. The van der Waals surface area contributed by atoms with Crippen molar-refractivity contribution < 1.29 is 19.1 Å². The molecule has 0 fully saturated rings. The Labute approximate surface area is 180 Å². The number of hydrogen-bond acceptors (Lipinski definition) is 4. The molecule has 1 aliphatic carbocycles. The van der Waals surface area contributed by atoms with E-state index in [0.717, 1.165) is 25.0 Å². The highest BCUT2D eigenvalue weighted by Gasteiger charge is 2.37. The molecule has 0 bridgehead atoms. The zero-order valence-corrected chi connectivity index (χ0v) is 19.4. The number of nitrogens with zero attached hydrogens (tertiary/aromatic N) is 2. The number of allylic oxidation sites excluding steroid dienone is 2. The van der Waals surface area contributed by atoms with Crippen molar-refractivity contribution in [3.05, 3.63) is 42.1 Å². The second-order valence-corrected chi connectivity index (χ2v) is 9.64. The monoisotopic (exact) mass is 416 g/mol. The summed E-state index contributed by atoms with van der Waals surface area (Å²) in [6.07, 6.45) is 4.54. The van der Waals surface area contributed by atoms with Gasteiger partial charge in [0.05, 0.1) is 5.69 Å². The van der Waals surface area contributed by atoms with Crippen molar-refractivity contribution in [3.8, 4) is 0 Å². The molecule has 6 heteroatoms. The van der Waals surface area contributed by atoms with E-state index in [1.807, 2.05) is 39.0 Å². The van der Waals surface area contributed by atoms with Crippen LogP contribution >= 0.6 is 0 Å². The van der Waals surface area contributed by atoms with E-state index in [0.29, 0.717) is 18.0 Å². The van der Waals surface area contributed by atoms with Gasteiger partial charge in [-0.05, 0) is 85.3 Å². The second kappa shape index (κ2) is 9.54. The van der Waals surface area contributed by atoms with Gasteiger partial charge in [-0.2, -0.15) is 10.0 Å². The van der Waals surface area contributed by atoms with Gasteiger partial charge in [0.15, 0.2) is 0 Å². The Hall–Kier alpha value is -2.50. The van der Waals surface area contributed by atoms with Gasteiger partial charge in [0.25, 0.3) is 0 Å². The number of anilines is 1. The van der Waals surface area contributed by atoms with E-state index in [-0.39, 0.29) is 0 Å². The van der Waals surface area contributed by atoms with Crippen LogP contribution in [0.4, 0.5) is 15.3 Å². The zero-order chi connectivity index (χ0) is 22.5. The molecular weight excluding hydrogens is 380 g/mol. The van der Waals surface area contributed by atoms with Crippen LogP contribution in [0, 0.1) is 5.92 Å². The van der Waals surface area contributed by atoms with E-state index in [4.69, 9.17) is 9.47 Å². The van der Waals surface area contributed by atoms with Crippen molar-refractivity contribution in [1.82, 2.24) is 5.01 Å². The van der Waals surface area contributed by atoms with Gasteiger partial charge in [-0.3, -0.25) is 0 Å². The lowest BCUT2D eigenvalue weighted by atomic mass is 9.91. The first kappa shape index (κ1) is 23.8. The molecule has 2 amide bonds. The molecule has 1 aliphatic rings. The summed E-state index contributed by atoms with van der Waals surface area (Å²) in [6, 6.07) is 9.07. The molecule has 0 heterocycles. The van der Waals surface area contributed by atoms with Gasteiger partial charge < -0.3 is 9.47 Å². The summed E-state index contributed by atoms with van der Waals surface area (Å²) < 4.78 is 11.4. The molecule has 0 aliphatic heterocycles. The maximum Gasteiger partial charge on any atom is 0.434 e. The van der Waals surface area contributed by atoms with Crippen LogP contribution in [0.5, 0.6) is 0 Å². The SMILES string of the molecule is CCC1C=C(N(C(=O)OC(C)(C)C)N(C(=O)OC(C)(C)C)c2ccccc2)CCC1. The molecule has 0 N–H and O–H groups in total. The Morgan fingerprint density at radius 2 is 1.47 bits per heavy atom. The van der Waals surface area contributed by atoms with Gasteiger partial charge in [-0.1, -0.05) is 31.2 Å². The number of hydrogen-bond donors (Lipinski definition) is 0. The van der Waals surface area contributed by atoms with Crippen LogP contribution in [0.15, 0.2) is 42.1 Å². The summed E-state index contributed by atoms with van der Waals surface area (Å²) in [5, 5.41) is 2.65. The van der Waals surface area contributed by atoms with Crippen LogP contribution in [-0.4, -0.2) is 28.4 Å². The molecule has 1 atom stereocenters. The highest BCUT2D eigenvalue weighted by molar-refractivity contribution is 5.91. The number of rotatable bonds is 3. The molecule has 1 aromatic rings. The van der Waals surface area contributed by atoms with Crippen molar-refractivity contribution in [3.63, 3.8) is 0 Å². The largest absolute Gasteiger partial charge is 0.442 e. The molecule has 6 nitrogen and oxygen atoms in total. The van der Waals surface area contributed by atoms with Gasteiger partial charge in [0.2, 0.25) is 0 Å². The molecule has 166 valence electrons. The fourth-order valence-corrected chi connectivity index (χ4v) is 3.29. The first-order chi connectivity index (χ1) is 13.9. The number of para-hydroxylation sites is 1. The second-order valence-electron chi connectivity index (χ2n) is 9.64. The Morgan fingerprint density at radius 3 is 1.97 bits per heavy atom. The minimum absolute atomic E-state index is 0.356. The van der Waals surface area contributed by atoms with Crippen LogP contribution in [0.25, 0.3) is 0 Å². The lowest BCUT2D eigenvalue weighted by Gasteiger charge is -2.39. The topological polar surface area (TPSA) is 59.1 Å². The number of ether oxygens (including phenoxy) is 2. The van der Waals surface area contributed by atoms with Gasteiger partial charge in [-0.15, -0.1) is 0 Å².